The minimum absolute atomic E-state index is 0.112. The number of benzene rings is 5. The summed E-state index contributed by atoms with van der Waals surface area (Å²) in [6.07, 6.45) is 0. The van der Waals surface area contributed by atoms with Gasteiger partial charge in [-0.05, 0) is 91.8 Å². The average molecular weight is 3880 g/mol. The van der Waals surface area contributed by atoms with E-state index in [1.54, 1.807) is 107 Å². The Morgan fingerprint density at radius 3 is 0.667 bits per heavy atom. The topological polar surface area (TPSA) is 34.8 Å². The molecule has 0 N–H and O–H groups in total. The van der Waals surface area contributed by atoms with Gasteiger partial charge in [0.05, 0.1) is 16.9 Å². The summed E-state index contributed by atoms with van der Waals surface area (Å²) in [4.78, 5) is 2.32. The summed E-state index contributed by atoms with van der Waals surface area (Å²) in [5.41, 5.74) is 10.3. The largest absolute Gasteiger partial charge is 0.494 e. The lowest BCUT2D eigenvalue weighted by Gasteiger charge is -2.32. The van der Waals surface area contributed by atoms with Gasteiger partial charge in [-0.1, -0.05) is 86.6 Å². The van der Waals surface area contributed by atoms with Gasteiger partial charge in [0, 0.05) is 947 Å². The van der Waals surface area contributed by atoms with Crippen LogP contribution in [0.3, 0.4) is 0 Å². The zero-order valence-electron chi connectivity index (χ0n) is 68.2. The smallest absolute Gasteiger partial charge is 0.454 e. The van der Waals surface area contributed by atoms with Crippen molar-refractivity contribution in [2.45, 2.75) is 58.2 Å². The summed E-state index contributed by atoms with van der Waals surface area (Å²) in [6, 6.07) is 38.9. The molecule has 1 aliphatic heterocycles. The summed E-state index contributed by atoms with van der Waals surface area (Å²) in [5, 5.41) is 2.22. The van der Waals surface area contributed by atoms with Gasteiger partial charge < -0.3 is 18.6 Å². The third kappa shape index (κ3) is 77.5. The summed E-state index contributed by atoms with van der Waals surface area (Å²) in [7, 11) is 182. The first-order valence-electron chi connectivity index (χ1n) is 32.5. The highest BCUT2D eigenvalue weighted by atomic mass is 33.6. The molecule has 2 heterocycles. The van der Waals surface area contributed by atoms with E-state index in [9.17, 15) is 0 Å². The van der Waals surface area contributed by atoms with E-state index in [-0.39, 0.29) is 5.41 Å². The van der Waals surface area contributed by atoms with Gasteiger partial charge in [0.15, 0.2) is 5.58 Å². The van der Waals surface area contributed by atoms with Crippen molar-refractivity contribution in [2.75, 3.05) is 4.90 Å². The van der Waals surface area contributed by atoms with Crippen LogP contribution in [0.15, 0.2) is 114 Å². The first-order chi connectivity index (χ1) is 72.5. The molecule has 108 heteroatoms. The van der Waals surface area contributed by atoms with Gasteiger partial charge in [-0.3, -0.25) is 0 Å². The number of nitrogens with zero attached hydrogens (tertiary/aromatic N) is 1. The van der Waals surface area contributed by atoms with Gasteiger partial charge >= 0.3 is 7.12 Å². The van der Waals surface area contributed by atoms with E-state index < -0.39 is 18.3 Å². The molecular weight excluding hydrogens is 3840 g/mol. The van der Waals surface area contributed by atoms with Gasteiger partial charge in [-0.15, -0.1) is 0 Å². The number of hydrogen-bond acceptors (Lipinski definition) is 6. The van der Waals surface area contributed by atoms with Crippen molar-refractivity contribution in [3.8, 4) is 11.1 Å². The minimum Gasteiger partial charge on any atom is -0.454 e. The molecule has 4 nitrogen and oxygen atoms in total. The molecular formula is C39H36BNO3S103. The fourth-order valence-electron chi connectivity index (χ4n) is 8.05. The summed E-state index contributed by atoms with van der Waals surface area (Å²) >= 11 is 9.66. The number of furan rings is 1. The molecule has 6 aromatic rings. The van der Waals surface area contributed by atoms with E-state index in [4.69, 9.17) is 36.1 Å². The Kier molecular flexibility index (Phi) is 113. The van der Waals surface area contributed by atoms with E-state index in [0.29, 0.717) is 0 Å². The predicted octanol–water partition coefficient (Wildman–Crippen LogP) is 9.41. The van der Waals surface area contributed by atoms with Gasteiger partial charge in [0.1, 0.15) is 5.58 Å². The van der Waals surface area contributed by atoms with Crippen LogP contribution >= 0.6 is 0 Å². The summed E-state index contributed by atoms with van der Waals surface area (Å²) in [5.74, 6) is 0. The van der Waals surface area contributed by atoms with E-state index in [0.717, 1.165) is 44.5 Å². The second-order valence-corrected chi connectivity index (χ2v) is 199. The number of anilines is 3. The molecule has 0 unspecified atom stereocenters. The minimum atomic E-state index is -0.416. The zero-order valence-corrected chi connectivity index (χ0v) is 152. The normalized spacial score (nSPS) is 10.8. The quantitative estimate of drug-likeness (QED) is 0.164. The fraction of sp³-hybridized carbons (Fsp3) is 0.231. The molecule has 8 rings (SSSR count). The van der Waals surface area contributed by atoms with Gasteiger partial charge in [-0.25, -0.2) is 0 Å². The average Bonchev–Trinajstić information content (AvgIpc) is 1.58. The van der Waals surface area contributed by atoms with Crippen molar-refractivity contribution in [2.24, 2.45) is 0 Å². The molecule has 0 saturated carbocycles. The number of hydrogen-bond donors (Lipinski definition) is 0. The molecule has 1 aromatic heterocycles. The van der Waals surface area contributed by atoms with Crippen LogP contribution in [0, 0.1) is 0 Å². The molecule has 147 heavy (non-hydrogen) atoms. The lowest BCUT2D eigenvalue weighted by molar-refractivity contribution is 0.00578. The maximum absolute atomic E-state index is 6.56. The monoisotopic (exact) mass is 3870 g/mol. The maximum atomic E-state index is 6.56. The highest BCUT2D eigenvalue weighted by Gasteiger charge is 2.51. The Hall–Kier alpha value is 18.3. The first-order valence-corrected chi connectivity index (χ1v) is 168. The van der Waals surface area contributed by atoms with E-state index in [1.807, 2.05) is 785 Å². The Balaban J connectivity index is 0.000000538. The molecule has 836 valence electrons. The lowest BCUT2D eigenvalue weighted by atomic mass is 9.79. The van der Waals surface area contributed by atoms with Crippen LogP contribution < -0.4 is 10.4 Å². The maximum Gasteiger partial charge on any atom is 0.494 e. The summed E-state index contributed by atoms with van der Waals surface area (Å²) in [6.45, 7) is 13.0. The van der Waals surface area contributed by atoms with Crippen molar-refractivity contribution < 1.29 is 13.7 Å². The first kappa shape index (κ1) is 152. The van der Waals surface area contributed by atoms with Gasteiger partial charge in [0.25, 0.3) is 0 Å². The fourth-order valence-corrected chi connectivity index (χ4v) is 280. The number of fused-ring (bicyclic) bond motifs is 6. The van der Waals surface area contributed by atoms with Crippen LogP contribution in [-0.4, -0.2) is 18.3 Å². The van der Waals surface area contributed by atoms with Crippen LogP contribution in [0.5, 0.6) is 0 Å². The molecule has 5 aromatic carbocycles. The van der Waals surface area contributed by atoms with Crippen molar-refractivity contribution >= 4 is 971 Å². The Morgan fingerprint density at radius 2 is 0.415 bits per heavy atom. The molecule has 1 aliphatic carbocycles. The lowest BCUT2D eigenvalue weighted by Crippen LogP contribution is -2.41. The number of para-hydroxylation sites is 2. The second-order valence-electron chi connectivity index (χ2n) is 20.5. The predicted molar refractivity (Wildman–Crippen MR) is 940 cm³/mol. The number of rotatable bonds is 4. The van der Waals surface area contributed by atoms with Gasteiger partial charge in [0.2, 0.25) is 0 Å². The van der Waals surface area contributed by atoms with E-state index in [2.05, 4.69) is 144 Å². The molecule has 1 fully saturated rings. The third-order valence-corrected chi connectivity index (χ3v) is 235. The van der Waals surface area contributed by atoms with E-state index in [1.165, 1.54) is 40.0 Å². The van der Waals surface area contributed by atoms with Gasteiger partial charge in [-0.2, -0.15) is 0 Å². The standard InChI is InChI=1S/C39H36BNO3.S103/c1-37(2)32-15-9-7-12-28(32)29-23-22-27(24-33(29)37)41(34-16-11-14-31-30-13-8-10-17-35(30)42-36(31)34)26-20-18-25(19-21-26)40-43-38(3,4)39(5,6)44-40;1-3-5-7-9-11-13-15-17-19-21-23-25-27-29-31-33-35-37-39-41-43-45-47-49-51-53-55-57-59-61-63-65-67-69-71-73-75-77-79-81-83-85-87-89-91-93-95-97-99-101-103-102-100-98-96-94-92-90-88-86-84-82-80-78-76-74-72-70-68-66-64-62-60-58-56-54-52-50-48-46-44-42-40-38-36-34-32-30-28-26-24-22-20-18-16-14-12-10-8-6-4-2/h7-24H,1-6H3;. The Morgan fingerprint density at radius 1 is 0.204 bits per heavy atom. The van der Waals surface area contributed by atoms with Crippen LogP contribution in [0.4, 0.5) is 17.1 Å². The van der Waals surface area contributed by atoms with Crippen molar-refractivity contribution in [3.05, 3.63) is 120 Å². The molecule has 0 atom stereocenters. The second kappa shape index (κ2) is 109. The molecule has 2 aliphatic rings. The highest BCUT2D eigenvalue weighted by Crippen LogP contribution is 2.51. The van der Waals surface area contributed by atoms with Crippen molar-refractivity contribution in [1.82, 2.24) is 0 Å². The zero-order chi connectivity index (χ0) is 104. The molecule has 0 bridgehead atoms. The molecule has 0 amide bonds. The SMILES string of the molecule is CC1(C)c2ccccc2-c2ccc(N(c3ccc(B4OC(C)(C)C(C)(C)O4)cc3)c3cccc4c3oc3ccccc34)cc21.S=S=S=S=S=S=S=S=S=S=S=S=S=S=S=S=S=S=S=S=S=S=S=S=S=S=S=S=S=S=S=S=S=S=S=S=S=S=S=S=S=S=S=S=S=S=S=S=S=S=S=S=S=S=S=S=S=S=S=S=S=S=S=S=S=S=S=S=S=S=S=S=S=S=S=S=S=S=S=S=S=S=S=S=S=S=S=S=S=S=S=S=S=S=S=S=S=S=S=S=S=S=S. The van der Waals surface area contributed by atoms with Crippen molar-refractivity contribution in [1.29, 1.82) is 0 Å². The van der Waals surface area contributed by atoms with Crippen LogP contribution in [0.1, 0.15) is 52.7 Å². The third-order valence-electron chi connectivity index (χ3n) is 12.9. The van der Waals surface area contributed by atoms with Crippen LogP contribution in [0.25, 0.3) is 33.1 Å². The molecule has 0 radical (unpaired) electrons. The van der Waals surface area contributed by atoms with Crippen LogP contribution in [-0.2, 0) is 934 Å². The Bertz CT molecular complexity index is 11000. The van der Waals surface area contributed by atoms with Crippen molar-refractivity contribution in [3.63, 3.8) is 0 Å². The molecule has 1 saturated heterocycles. The molecule has 0 spiro atoms. The van der Waals surface area contributed by atoms with E-state index >= 15 is 0 Å². The Labute approximate surface area is 1150 Å². The summed E-state index contributed by atoms with van der Waals surface area (Å²) < 4.78 is 19.3. The highest BCUT2D eigenvalue weighted by molar-refractivity contribution is 8.88. The van der Waals surface area contributed by atoms with Crippen LogP contribution in [0.2, 0.25) is 0 Å².